The predicted molar refractivity (Wildman–Crippen MR) is 130 cm³/mol. The number of hydrogen-bond donors (Lipinski definition) is 0. The molecule has 7 nitrogen and oxygen atoms in total. The summed E-state index contributed by atoms with van der Waals surface area (Å²) in [6.45, 7) is 1.81. The lowest BCUT2D eigenvalue weighted by atomic mass is 10.1. The fourth-order valence-electron chi connectivity index (χ4n) is 3.79. The zero-order chi connectivity index (χ0) is 24.4. The van der Waals surface area contributed by atoms with Crippen LogP contribution < -0.4 is 20.5 Å². The molecule has 0 saturated heterocycles. The summed E-state index contributed by atoms with van der Waals surface area (Å²) in [5, 5.41) is 1.04. The molecule has 0 atom stereocenters. The van der Waals surface area contributed by atoms with Crippen molar-refractivity contribution in [3.8, 4) is 17.2 Å². The Morgan fingerprint density at radius 3 is 2.43 bits per heavy atom. The summed E-state index contributed by atoms with van der Waals surface area (Å²) in [4.78, 5) is 36.8. The summed E-state index contributed by atoms with van der Waals surface area (Å²) in [5.41, 5.74) is 1.59. The van der Waals surface area contributed by atoms with Gasteiger partial charge in [-0.2, -0.15) is 0 Å². The molecule has 5 rings (SSSR count). The lowest BCUT2D eigenvalue weighted by Gasteiger charge is -2.08. The van der Waals surface area contributed by atoms with Gasteiger partial charge in [0, 0.05) is 30.0 Å². The van der Waals surface area contributed by atoms with Gasteiger partial charge in [0.25, 0.3) is 0 Å². The monoisotopic (exact) mass is 468 g/mol. The summed E-state index contributed by atoms with van der Waals surface area (Å²) in [6, 6.07) is 20.6. The van der Waals surface area contributed by atoms with Gasteiger partial charge in [-0.15, -0.1) is 0 Å². The van der Waals surface area contributed by atoms with Gasteiger partial charge in [0.2, 0.25) is 11.2 Å². The van der Waals surface area contributed by atoms with Gasteiger partial charge in [-0.05, 0) is 48.7 Å². The van der Waals surface area contributed by atoms with Crippen LogP contribution in [0.15, 0.2) is 97.5 Å². The Morgan fingerprint density at radius 1 is 0.857 bits per heavy atom. The highest BCUT2D eigenvalue weighted by Crippen LogP contribution is 2.27. The molecule has 0 saturated carbocycles. The van der Waals surface area contributed by atoms with Crippen molar-refractivity contribution in [2.45, 2.75) is 19.8 Å². The minimum Gasteiger partial charge on any atom is -0.460 e. The molecule has 0 unspecified atom stereocenters. The van der Waals surface area contributed by atoms with Crippen molar-refractivity contribution in [2.75, 3.05) is 0 Å². The van der Waals surface area contributed by atoms with E-state index >= 15 is 0 Å². The number of benzene rings is 3. The highest BCUT2D eigenvalue weighted by molar-refractivity contribution is 5.82. The van der Waals surface area contributed by atoms with Crippen molar-refractivity contribution < 1.29 is 23.1 Å². The molecule has 0 spiro atoms. The molecule has 0 N–H and O–H groups in total. The van der Waals surface area contributed by atoms with E-state index in [1.54, 1.807) is 18.2 Å². The van der Waals surface area contributed by atoms with Crippen molar-refractivity contribution in [1.82, 2.24) is 0 Å². The number of carbonyl (C=O) groups is 1. The van der Waals surface area contributed by atoms with Crippen molar-refractivity contribution in [2.24, 2.45) is 0 Å². The first kappa shape index (κ1) is 22.2. The number of fused-ring (bicyclic) bond motifs is 2. The number of aryl methyl sites for hydroxylation is 2. The number of esters is 1. The number of rotatable bonds is 6. The SMILES string of the molecule is Cc1cc(=O)oc2cc(Oc3coc4cc(OC(=O)CCc5ccccc5)ccc4c3=O)ccc12. The van der Waals surface area contributed by atoms with E-state index in [0.717, 1.165) is 16.5 Å². The summed E-state index contributed by atoms with van der Waals surface area (Å²) < 4.78 is 21.9. The summed E-state index contributed by atoms with van der Waals surface area (Å²) in [5.74, 6) is 0.197. The third-order valence-electron chi connectivity index (χ3n) is 5.56. The van der Waals surface area contributed by atoms with Crippen LogP contribution in [0.5, 0.6) is 17.2 Å². The maximum absolute atomic E-state index is 12.9. The van der Waals surface area contributed by atoms with E-state index in [9.17, 15) is 14.4 Å². The first-order valence-electron chi connectivity index (χ1n) is 11.0. The molecule has 0 amide bonds. The third kappa shape index (κ3) is 4.84. The van der Waals surface area contributed by atoms with Crippen molar-refractivity contribution in [3.63, 3.8) is 0 Å². The van der Waals surface area contributed by atoms with Crippen LogP contribution >= 0.6 is 0 Å². The van der Waals surface area contributed by atoms with Gasteiger partial charge in [0.1, 0.15) is 28.9 Å². The zero-order valence-corrected chi connectivity index (χ0v) is 18.8. The van der Waals surface area contributed by atoms with Crippen LogP contribution in [0.2, 0.25) is 0 Å². The fraction of sp³-hybridized carbons (Fsp3) is 0.107. The van der Waals surface area contributed by atoms with E-state index < -0.39 is 5.63 Å². The largest absolute Gasteiger partial charge is 0.460 e. The lowest BCUT2D eigenvalue weighted by Crippen LogP contribution is -2.09. The van der Waals surface area contributed by atoms with Crippen LogP contribution in [0.3, 0.4) is 0 Å². The van der Waals surface area contributed by atoms with Crippen LogP contribution in [-0.4, -0.2) is 5.97 Å². The smallest absolute Gasteiger partial charge is 0.336 e. The second-order valence-corrected chi connectivity index (χ2v) is 8.06. The zero-order valence-electron chi connectivity index (χ0n) is 18.8. The maximum Gasteiger partial charge on any atom is 0.336 e. The Morgan fingerprint density at radius 2 is 1.60 bits per heavy atom. The van der Waals surface area contributed by atoms with Gasteiger partial charge in [0.15, 0.2) is 0 Å². The lowest BCUT2D eigenvalue weighted by molar-refractivity contribution is -0.134. The minimum atomic E-state index is -0.464. The number of carbonyl (C=O) groups excluding carboxylic acids is 1. The fourth-order valence-corrected chi connectivity index (χ4v) is 3.79. The molecule has 0 radical (unpaired) electrons. The normalized spacial score (nSPS) is 11.0. The average molecular weight is 468 g/mol. The first-order chi connectivity index (χ1) is 17.0. The van der Waals surface area contributed by atoms with Gasteiger partial charge in [-0.25, -0.2) is 4.79 Å². The van der Waals surface area contributed by atoms with E-state index in [-0.39, 0.29) is 40.3 Å². The van der Waals surface area contributed by atoms with Gasteiger partial charge >= 0.3 is 11.6 Å². The second-order valence-electron chi connectivity index (χ2n) is 8.06. The molecule has 5 aromatic rings. The summed E-state index contributed by atoms with van der Waals surface area (Å²) in [7, 11) is 0. The molecule has 0 fully saturated rings. The van der Waals surface area contributed by atoms with Gasteiger partial charge in [-0.3, -0.25) is 9.59 Å². The molecule has 0 aliphatic rings. The van der Waals surface area contributed by atoms with E-state index in [2.05, 4.69) is 0 Å². The van der Waals surface area contributed by atoms with Crippen LogP contribution in [-0.2, 0) is 11.2 Å². The van der Waals surface area contributed by atoms with Crippen molar-refractivity contribution >= 4 is 27.9 Å². The molecule has 174 valence electrons. The Bertz CT molecular complexity index is 1660. The molecular weight excluding hydrogens is 448 g/mol. The molecule has 0 bridgehead atoms. The Hall–Kier alpha value is -4.65. The molecular formula is C28H20O7. The van der Waals surface area contributed by atoms with Crippen LogP contribution in [0, 0.1) is 6.92 Å². The van der Waals surface area contributed by atoms with E-state index in [0.29, 0.717) is 17.8 Å². The second kappa shape index (κ2) is 9.30. The molecule has 2 heterocycles. The summed E-state index contributed by atoms with van der Waals surface area (Å²) in [6.07, 6.45) is 1.99. The topological polar surface area (TPSA) is 95.9 Å². The van der Waals surface area contributed by atoms with Crippen molar-refractivity contribution in [1.29, 1.82) is 0 Å². The number of hydrogen-bond acceptors (Lipinski definition) is 7. The molecule has 7 heteroatoms. The maximum atomic E-state index is 12.9. The van der Waals surface area contributed by atoms with Gasteiger partial charge < -0.3 is 18.3 Å². The predicted octanol–water partition coefficient (Wildman–Crippen LogP) is 5.54. The van der Waals surface area contributed by atoms with E-state index in [1.165, 1.54) is 30.5 Å². The molecule has 2 aromatic heterocycles. The Labute approximate surface area is 199 Å². The van der Waals surface area contributed by atoms with E-state index in [4.69, 9.17) is 18.3 Å². The summed E-state index contributed by atoms with van der Waals surface area (Å²) >= 11 is 0. The van der Waals surface area contributed by atoms with E-state index in [1.807, 2.05) is 37.3 Å². The highest BCUT2D eigenvalue weighted by Gasteiger charge is 2.13. The highest BCUT2D eigenvalue weighted by atomic mass is 16.5. The van der Waals surface area contributed by atoms with Crippen LogP contribution in [0.25, 0.3) is 21.9 Å². The molecule has 3 aromatic carbocycles. The van der Waals surface area contributed by atoms with Gasteiger partial charge in [-0.1, -0.05) is 30.3 Å². The van der Waals surface area contributed by atoms with Crippen molar-refractivity contribution in [3.05, 3.63) is 111 Å². The first-order valence-corrected chi connectivity index (χ1v) is 11.0. The van der Waals surface area contributed by atoms with Crippen LogP contribution in [0.1, 0.15) is 17.5 Å². The Kier molecular flexibility index (Phi) is 5.89. The van der Waals surface area contributed by atoms with Crippen LogP contribution in [0.4, 0.5) is 0 Å². The molecule has 0 aliphatic carbocycles. The third-order valence-corrected chi connectivity index (χ3v) is 5.56. The van der Waals surface area contributed by atoms with Gasteiger partial charge in [0.05, 0.1) is 5.39 Å². The molecule has 35 heavy (non-hydrogen) atoms. The average Bonchev–Trinajstić information content (AvgIpc) is 2.85. The Balaban J connectivity index is 1.33. The molecule has 0 aliphatic heterocycles. The quantitative estimate of drug-likeness (QED) is 0.183. The minimum absolute atomic E-state index is 0.0283. The standard InChI is InChI=1S/C28H20O7/c1-17-13-27(30)35-24-15-19(8-10-21(17)24)33-25-16-32-23-14-20(9-11-22(23)28(25)31)34-26(29)12-7-18-5-3-2-4-6-18/h2-6,8-11,13-16H,7,12H2,1H3. The number of ether oxygens (including phenoxy) is 2.